The van der Waals surface area contributed by atoms with Gasteiger partial charge in [0.15, 0.2) is 11.6 Å². The minimum atomic E-state index is -0.418. The molecule has 0 radical (unpaired) electrons. The van der Waals surface area contributed by atoms with E-state index < -0.39 is 5.82 Å². The summed E-state index contributed by atoms with van der Waals surface area (Å²) < 4.78 is 13.4. The molecule has 1 aromatic heterocycles. The summed E-state index contributed by atoms with van der Waals surface area (Å²) in [5.74, 6) is 0.955. The first-order chi connectivity index (χ1) is 10.8. The zero-order chi connectivity index (χ0) is 15.4. The number of hydrogen-bond donors (Lipinski definition) is 2. The highest BCUT2D eigenvalue weighted by Crippen LogP contribution is 2.28. The van der Waals surface area contributed by atoms with Crippen LogP contribution in [0.3, 0.4) is 0 Å². The number of nitrogens with one attached hydrogen (secondary N) is 2. The van der Waals surface area contributed by atoms with Crippen LogP contribution in [0.4, 0.5) is 16.2 Å². The van der Waals surface area contributed by atoms with E-state index in [-0.39, 0.29) is 5.82 Å². The molecule has 0 spiro atoms. The highest BCUT2D eigenvalue weighted by molar-refractivity contribution is 5.40. The molecule has 6 heteroatoms. The molecule has 1 aliphatic carbocycles. The van der Waals surface area contributed by atoms with E-state index in [1.165, 1.54) is 51.3 Å². The van der Waals surface area contributed by atoms with E-state index >= 15 is 0 Å². The molecule has 0 amide bonds. The van der Waals surface area contributed by atoms with Gasteiger partial charge in [-0.05, 0) is 38.1 Å². The molecule has 5 nitrogen and oxygen atoms in total. The molecule has 1 saturated carbocycles. The Morgan fingerprint density at radius 2 is 2.09 bits per heavy atom. The van der Waals surface area contributed by atoms with E-state index in [4.69, 9.17) is 0 Å². The standard InChI is InChI=1S/C16H26FN5/c1-18-15-14(17)10-20-16(21-15)19-9-12-5-4-8-22(11-12)13-6-2-3-7-13/h10,12-13H,2-9,11H2,1H3,(H2,18,19,20,21)/t12-/m1/s1. The van der Waals surface area contributed by atoms with Gasteiger partial charge in [-0.25, -0.2) is 9.37 Å². The Hall–Kier alpha value is -1.43. The first-order valence-corrected chi connectivity index (χ1v) is 8.44. The van der Waals surface area contributed by atoms with Crippen molar-refractivity contribution in [3.8, 4) is 0 Å². The van der Waals surface area contributed by atoms with Gasteiger partial charge in [-0.1, -0.05) is 12.8 Å². The number of hydrogen-bond acceptors (Lipinski definition) is 5. The second-order valence-corrected chi connectivity index (χ2v) is 6.46. The Balaban J connectivity index is 1.52. The molecule has 2 heterocycles. The number of anilines is 2. The van der Waals surface area contributed by atoms with Gasteiger partial charge in [0.05, 0.1) is 6.20 Å². The number of aromatic nitrogens is 2. The molecule has 1 atom stereocenters. The zero-order valence-corrected chi connectivity index (χ0v) is 13.3. The van der Waals surface area contributed by atoms with Crippen LogP contribution in [-0.4, -0.2) is 47.6 Å². The maximum absolute atomic E-state index is 13.4. The number of piperidine rings is 1. The van der Waals surface area contributed by atoms with E-state index in [9.17, 15) is 4.39 Å². The van der Waals surface area contributed by atoms with Crippen LogP contribution in [0.15, 0.2) is 6.20 Å². The highest BCUT2D eigenvalue weighted by atomic mass is 19.1. The first kappa shape index (κ1) is 15.5. The Bertz CT molecular complexity index is 489. The van der Waals surface area contributed by atoms with Gasteiger partial charge in [0.2, 0.25) is 5.95 Å². The third-order valence-corrected chi connectivity index (χ3v) is 4.92. The third-order valence-electron chi connectivity index (χ3n) is 4.92. The summed E-state index contributed by atoms with van der Waals surface area (Å²) in [6.45, 7) is 3.27. The fraction of sp³-hybridized carbons (Fsp3) is 0.750. The van der Waals surface area contributed by atoms with Crippen LogP contribution >= 0.6 is 0 Å². The Morgan fingerprint density at radius 3 is 2.86 bits per heavy atom. The van der Waals surface area contributed by atoms with Crippen LogP contribution in [0.1, 0.15) is 38.5 Å². The molecular formula is C16H26FN5. The molecule has 1 aromatic rings. The van der Waals surface area contributed by atoms with E-state index in [1.807, 2.05) is 0 Å². The van der Waals surface area contributed by atoms with Crippen LogP contribution in [-0.2, 0) is 0 Å². The summed E-state index contributed by atoms with van der Waals surface area (Å²) in [5.41, 5.74) is 0. The summed E-state index contributed by atoms with van der Waals surface area (Å²) in [6.07, 6.45) is 9.25. The van der Waals surface area contributed by atoms with Gasteiger partial charge in [-0.15, -0.1) is 0 Å². The number of nitrogens with zero attached hydrogens (tertiary/aromatic N) is 3. The van der Waals surface area contributed by atoms with Gasteiger partial charge in [0, 0.05) is 26.2 Å². The molecule has 0 aromatic carbocycles. The van der Waals surface area contributed by atoms with Crippen LogP contribution in [0.2, 0.25) is 0 Å². The van der Waals surface area contributed by atoms with Crippen molar-refractivity contribution in [1.29, 1.82) is 0 Å². The van der Waals surface area contributed by atoms with Gasteiger partial charge in [-0.2, -0.15) is 4.98 Å². The van der Waals surface area contributed by atoms with Crippen LogP contribution in [0.25, 0.3) is 0 Å². The second kappa shape index (κ2) is 7.22. The lowest BCUT2D eigenvalue weighted by Crippen LogP contribution is -2.43. The quantitative estimate of drug-likeness (QED) is 0.876. The molecule has 3 rings (SSSR count). The molecule has 122 valence electrons. The molecule has 22 heavy (non-hydrogen) atoms. The molecule has 1 aliphatic heterocycles. The lowest BCUT2D eigenvalue weighted by Gasteiger charge is -2.36. The summed E-state index contributed by atoms with van der Waals surface area (Å²) in [5, 5.41) is 6.02. The minimum Gasteiger partial charge on any atom is -0.371 e. The van der Waals surface area contributed by atoms with Crippen LogP contribution in [0, 0.1) is 11.7 Å². The normalized spacial score (nSPS) is 23.6. The summed E-state index contributed by atoms with van der Waals surface area (Å²) in [4.78, 5) is 10.8. The van der Waals surface area contributed by atoms with Crippen molar-refractivity contribution in [2.45, 2.75) is 44.6 Å². The van der Waals surface area contributed by atoms with E-state index in [0.717, 1.165) is 19.1 Å². The Morgan fingerprint density at radius 1 is 1.27 bits per heavy atom. The van der Waals surface area contributed by atoms with E-state index in [2.05, 4.69) is 25.5 Å². The summed E-state index contributed by atoms with van der Waals surface area (Å²) >= 11 is 0. The molecular weight excluding hydrogens is 281 g/mol. The molecule has 0 bridgehead atoms. The average Bonchev–Trinajstić information content (AvgIpc) is 3.09. The second-order valence-electron chi connectivity index (χ2n) is 6.46. The average molecular weight is 307 g/mol. The molecule has 2 aliphatic rings. The molecule has 2 fully saturated rings. The van der Waals surface area contributed by atoms with Gasteiger partial charge in [0.1, 0.15) is 0 Å². The van der Waals surface area contributed by atoms with Crippen molar-refractivity contribution in [1.82, 2.24) is 14.9 Å². The predicted octanol–water partition coefficient (Wildman–Crippen LogP) is 2.72. The van der Waals surface area contributed by atoms with Gasteiger partial charge in [0.25, 0.3) is 0 Å². The fourth-order valence-corrected chi connectivity index (χ4v) is 3.73. The fourth-order valence-electron chi connectivity index (χ4n) is 3.73. The lowest BCUT2D eigenvalue weighted by atomic mass is 9.96. The monoisotopic (exact) mass is 307 g/mol. The molecule has 1 saturated heterocycles. The lowest BCUT2D eigenvalue weighted by molar-refractivity contribution is 0.129. The smallest absolute Gasteiger partial charge is 0.224 e. The molecule has 2 N–H and O–H groups in total. The van der Waals surface area contributed by atoms with Gasteiger partial charge < -0.3 is 15.5 Å². The van der Waals surface area contributed by atoms with Crippen LogP contribution in [0.5, 0.6) is 0 Å². The van der Waals surface area contributed by atoms with Crippen molar-refractivity contribution in [2.75, 3.05) is 37.3 Å². The van der Waals surface area contributed by atoms with Crippen molar-refractivity contribution in [3.05, 3.63) is 12.0 Å². The van der Waals surface area contributed by atoms with Crippen LogP contribution < -0.4 is 10.6 Å². The predicted molar refractivity (Wildman–Crippen MR) is 86.6 cm³/mol. The molecule has 0 unspecified atom stereocenters. The van der Waals surface area contributed by atoms with Gasteiger partial charge >= 0.3 is 0 Å². The first-order valence-electron chi connectivity index (χ1n) is 8.44. The highest BCUT2D eigenvalue weighted by Gasteiger charge is 2.27. The zero-order valence-electron chi connectivity index (χ0n) is 13.3. The maximum atomic E-state index is 13.4. The maximum Gasteiger partial charge on any atom is 0.224 e. The summed E-state index contributed by atoms with van der Waals surface area (Å²) in [7, 11) is 1.66. The third kappa shape index (κ3) is 3.66. The van der Waals surface area contributed by atoms with Crippen molar-refractivity contribution in [3.63, 3.8) is 0 Å². The largest absolute Gasteiger partial charge is 0.371 e. The van der Waals surface area contributed by atoms with Crippen molar-refractivity contribution < 1.29 is 4.39 Å². The Kier molecular flexibility index (Phi) is 5.08. The van der Waals surface area contributed by atoms with E-state index in [1.54, 1.807) is 7.05 Å². The van der Waals surface area contributed by atoms with Crippen molar-refractivity contribution >= 4 is 11.8 Å². The number of halogens is 1. The SMILES string of the molecule is CNc1nc(NC[C@H]2CCCN(C3CCCC3)C2)ncc1F. The number of rotatable bonds is 5. The summed E-state index contributed by atoms with van der Waals surface area (Å²) in [6, 6.07) is 0.806. The van der Waals surface area contributed by atoms with E-state index in [0.29, 0.717) is 11.9 Å². The topological polar surface area (TPSA) is 53.1 Å². The van der Waals surface area contributed by atoms with Gasteiger partial charge in [-0.3, -0.25) is 0 Å². The Labute approximate surface area is 131 Å². The number of likely N-dealkylation sites (tertiary alicyclic amines) is 1. The van der Waals surface area contributed by atoms with Crippen molar-refractivity contribution in [2.24, 2.45) is 5.92 Å². The minimum absolute atomic E-state index is 0.244.